The maximum Gasteiger partial charge on any atom is 0.416 e. The first-order valence-corrected chi connectivity index (χ1v) is 7.40. The van der Waals surface area contributed by atoms with Crippen molar-refractivity contribution in [2.75, 3.05) is 6.61 Å². The van der Waals surface area contributed by atoms with E-state index in [-0.39, 0.29) is 6.61 Å². The third-order valence-electron chi connectivity index (χ3n) is 3.24. The van der Waals surface area contributed by atoms with Crippen molar-refractivity contribution in [3.8, 4) is 0 Å². The van der Waals surface area contributed by atoms with Gasteiger partial charge in [0.1, 0.15) is 5.82 Å². The molecule has 0 saturated carbocycles. The van der Waals surface area contributed by atoms with Crippen LogP contribution in [0.2, 0.25) is 0 Å². The molecule has 0 aliphatic rings. The lowest BCUT2D eigenvalue weighted by molar-refractivity contribution is -0.137. The molecule has 0 heterocycles. The average Bonchev–Trinajstić information content (AvgIpc) is 2.45. The van der Waals surface area contributed by atoms with Crippen molar-refractivity contribution in [1.82, 2.24) is 0 Å². The Labute approximate surface area is 127 Å². The molecular weight excluding hydrogens is 300 g/mol. The van der Waals surface area contributed by atoms with Crippen LogP contribution in [0.25, 0.3) is 0 Å². The Balaban J connectivity index is 2.48. The number of ether oxygens (including phenoxy) is 1. The van der Waals surface area contributed by atoms with Crippen LogP contribution in [0.3, 0.4) is 0 Å². The Morgan fingerprint density at radius 3 is 2.36 bits per heavy atom. The fourth-order valence-electron chi connectivity index (χ4n) is 1.98. The Kier molecular flexibility index (Phi) is 7.35. The topological polar surface area (TPSA) is 26.3 Å². The molecule has 0 radical (unpaired) electrons. The summed E-state index contributed by atoms with van der Waals surface area (Å²) in [6.45, 7) is 2.19. The Bertz CT molecular complexity index is 484. The van der Waals surface area contributed by atoms with Gasteiger partial charge in [-0.3, -0.25) is 0 Å². The summed E-state index contributed by atoms with van der Waals surface area (Å²) in [7, 11) is 0. The van der Waals surface area contributed by atoms with Crippen LogP contribution in [0.15, 0.2) is 18.2 Å². The fourth-order valence-corrected chi connectivity index (χ4v) is 1.98. The summed E-state index contributed by atoms with van der Waals surface area (Å²) in [5.41, 5.74) is -1.75. The molecule has 6 heteroatoms. The molecule has 0 spiro atoms. The molecule has 0 aromatic heterocycles. The molecule has 0 aliphatic heterocycles. The summed E-state index contributed by atoms with van der Waals surface area (Å²) < 4.78 is 55.9. The largest absolute Gasteiger partial charge is 0.462 e. The molecule has 0 bridgehead atoms. The lowest BCUT2D eigenvalue weighted by atomic mass is 10.1. The summed E-state index contributed by atoms with van der Waals surface area (Å²) in [4.78, 5) is 11.7. The van der Waals surface area contributed by atoms with Gasteiger partial charge in [0.25, 0.3) is 0 Å². The molecule has 124 valence electrons. The zero-order chi connectivity index (χ0) is 16.6. The summed E-state index contributed by atoms with van der Waals surface area (Å²) in [5, 5.41) is 0. The Hall–Kier alpha value is -1.59. The van der Waals surface area contributed by atoms with E-state index in [4.69, 9.17) is 4.74 Å². The van der Waals surface area contributed by atoms with E-state index in [0.29, 0.717) is 24.6 Å². The first-order valence-electron chi connectivity index (χ1n) is 7.40. The smallest absolute Gasteiger partial charge is 0.416 e. The van der Waals surface area contributed by atoms with E-state index < -0.39 is 29.1 Å². The van der Waals surface area contributed by atoms with Gasteiger partial charge in [0.05, 0.1) is 17.7 Å². The number of unbranched alkanes of at least 4 members (excludes halogenated alkanes) is 5. The summed E-state index contributed by atoms with van der Waals surface area (Å²) >= 11 is 0. The minimum Gasteiger partial charge on any atom is -0.462 e. The van der Waals surface area contributed by atoms with Crippen LogP contribution >= 0.6 is 0 Å². The highest BCUT2D eigenvalue weighted by atomic mass is 19.4. The summed E-state index contributed by atoms with van der Waals surface area (Å²) in [6.07, 6.45) is 1.27. The van der Waals surface area contributed by atoms with Crippen molar-refractivity contribution in [1.29, 1.82) is 0 Å². The molecule has 0 saturated heterocycles. The van der Waals surface area contributed by atoms with Crippen molar-refractivity contribution in [3.05, 3.63) is 35.1 Å². The maximum absolute atomic E-state index is 13.5. The highest BCUT2D eigenvalue weighted by molar-refractivity contribution is 5.89. The van der Waals surface area contributed by atoms with Crippen molar-refractivity contribution in [2.45, 2.75) is 51.6 Å². The molecule has 0 aliphatic carbocycles. The molecule has 0 N–H and O–H groups in total. The quantitative estimate of drug-likeness (QED) is 0.366. The average molecular weight is 320 g/mol. The standard InChI is InChI=1S/C16H20F4O2/c1-2-3-4-5-6-7-10-22-15(21)13-11-12(16(18,19)20)8-9-14(13)17/h8-9,11H,2-7,10H2,1H3. The van der Waals surface area contributed by atoms with E-state index in [1.54, 1.807) is 0 Å². The van der Waals surface area contributed by atoms with Gasteiger partial charge in [-0.25, -0.2) is 9.18 Å². The number of esters is 1. The monoisotopic (exact) mass is 320 g/mol. The number of halogens is 4. The summed E-state index contributed by atoms with van der Waals surface area (Å²) in [6, 6.07) is 1.71. The summed E-state index contributed by atoms with van der Waals surface area (Å²) in [5.74, 6) is -2.07. The van der Waals surface area contributed by atoms with Gasteiger partial charge in [-0.2, -0.15) is 13.2 Å². The van der Waals surface area contributed by atoms with Crippen LogP contribution in [-0.2, 0) is 10.9 Å². The molecule has 0 fully saturated rings. The molecule has 1 rings (SSSR count). The second-order valence-electron chi connectivity index (χ2n) is 5.10. The van der Waals surface area contributed by atoms with Gasteiger partial charge in [0.2, 0.25) is 0 Å². The number of hydrogen-bond donors (Lipinski definition) is 0. The van der Waals surface area contributed by atoms with E-state index in [0.717, 1.165) is 32.1 Å². The SMILES string of the molecule is CCCCCCCCOC(=O)c1cc(C(F)(F)F)ccc1F. The molecule has 2 nitrogen and oxygen atoms in total. The van der Waals surface area contributed by atoms with E-state index in [1.165, 1.54) is 0 Å². The van der Waals surface area contributed by atoms with Crippen molar-refractivity contribution in [2.24, 2.45) is 0 Å². The molecule has 0 atom stereocenters. The van der Waals surface area contributed by atoms with Gasteiger partial charge in [-0.15, -0.1) is 0 Å². The van der Waals surface area contributed by atoms with E-state index in [9.17, 15) is 22.4 Å². The molecular formula is C16H20F4O2. The van der Waals surface area contributed by atoms with Crippen LogP contribution in [0, 0.1) is 5.82 Å². The Morgan fingerprint density at radius 2 is 1.73 bits per heavy atom. The maximum atomic E-state index is 13.5. The number of benzene rings is 1. The molecule has 22 heavy (non-hydrogen) atoms. The van der Waals surface area contributed by atoms with Crippen LogP contribution in [0.1, 0.15) is 61.4 Å². The van der Waals surface area contributed by atoms with E-state index >= 15 is 0 Å². The minimum atomic E-state index is -4.62. The minimum absolute atomic E-state index is 0.0840. The predicted molar refractivity (Wildman–Crippen MR) is 75.1 cm³/mol. The van der Waals surface area contributed by atoms with Gasteiger partial charge < -0.3 is 4.74 Å². The lowest BCUT2D eigenvalue weighted by Crippen LogP contribution is -2.12. The highest BCUT2D eigenvalue weighted by Gasteiger charge is 2.32. The molecule has 0 unspecified atom stereocenters. The first-order chi connectivity index (χ1) is 10.4. The van der Waals surface area contributed by atoms with Crippen molar-refractivity contribution >= 4 is 5.97 Å². The number of carbonyl (C=O) groups excluding carboxylic acids is 1. The van der Waals surface area contributed by atoms with Crippen LogP contribution in [0.5, 0.6) is 0 Å². The molecule has 1 aromatic carbocycles. The number of alkyl halides is 3. The van der Waals surface area contributed by atoms with Crippen LogP contribution in [-0.4, -0.2) is 12.6 Å². The number of hydrogen-bond acceptors (Lipinski definition) is 2. The van der Waals surface area contributed by atoms with Gasteiger partial charge in [-0.05, 0) is 24.6 Å². The predicted octanol–water partition coefficient (Wildman–Crippen LogP) is 5.36. The van der Waals surface area contributed by atoms with Gasteiger partial charge >= 0.3 is 12.1 Å². The van der Waals surface area contributed by atoms with Crippen molar-refractivity contribution < 1.29 is 27.1 Å². The molecule has 1 aromatic rings. The highest BCUT2D eigenvalue weighted by Crippen LogP contribution is 2.30. The van der Waals surface area contributed by atoms with Crippen LogP contribution < -0.4 is 0 Å². The normalized spacial score (nSPS) is 11.5. The van der Waals surface area contributed by atoms with Gasteiger partial charge in [0.15, 0.2) is 0 Å². The van der Waals surface area contributed by atoms with Crippen molar-refractivity contribution in [3.63, 3.8) is 0 Å². The Morgan fingerprint density at radius 1 is 1.09 bits per heavy atom. The van der Waals surface area contributed by atoms with Gasteiger partial charge in [0, 0.05) is 0 Å². The van der Waals surface area contributed by atoms with E-state index in [1.807, 2.05) is 0 Å². The van der Waals surface area contributed by atoms with Crippen LogP contribution in [0.4, 0.5) is 17.6 Å². The fraction of sp³-hybridized carbons (Fsp3) is 0.562. The second-order valence-corrected chi connectivity index (χ2v) is 5.10. The lowest BCUT2D eigenvalue weighted by Gasteiger charge is -2.10. The van der Waals surface area contributed by atoms with E-state index in [2.05, 4.69) is 6.92 Å². The first kappa shape index (κ1) is 18.5. The second kappa shape index (κ2) is 8.76. The number of rotatable bonds is 8. The van der Waals surface area contributed by atoms with Gasteiger partial charge in [-0.1, -0.05) is 39.0 Å². The molecule has 0 amide bonds. The zero-order valence-corrected chi connectivity index (χ0v) is 12.5. The third kappa shape index (κ3) is 6.03. The third-order valence-corrected chi connectivity index (χ3v) is 3.24. The zero-order valence-electron chi connectivity index (χ0n) is 12.5. The number of carbonyl (C=O) groups is 1.